The smallest absolute Gasteiger partial charge is 0.215 e. The highest BCUT2D eigenvalue weighted by molar-refractivity contribution is 5.85. The fourth-order valence-corrected chi connectivity index (χ4v) is 1.26. The van der Waals surface area contributed by atoms with Crippen LogP contribution in [0.15, 0.2) is 0 Å². The summed E-state index contributed by atoms with van der Waals surface area (Å²) >= 11 is 0. The van der Waals surface area contributed by atoms with Crippen LogP contribution in [-0.2, 0) is 4.74 Å². The van der Waals surface area contributed by atoms with Crippen LogP contribution in [0.3, 0.4) is 0 Å². The molecule has 0 unspecified atom stereocenters. The number of hydrogen-bond donors (Lipinski definition) is 2. The van der Waals surface area contributed by atoms with Crippen molar-refractivity contribution >= 4 is 5.90 Å². The summed E-state index contributed by atoms with van der Waals surface area (Å²) < 4.78 is 5.00. The second-order valence-electron chi connectivity index (χ2n) is 3.52. The van der Waals surface area contributed by atoms with Crippen LogP contribution in [0.1, 0.15) is 20.8 Å². The molecule has 1 rings (SSSR count). The van der Waals surface area contributed by atoms with Gasteiger partial charge in [0.2, 0.25) is 5.90 Å². The summed E-state index contributed by atoms with van der Waals surface area (Å²) in [6.45, 7) is 4.76. The Hall–Kier alpha value is -1.08. The first-order valence-corrected chi connectivity index (χ1v) is 3.76. The van der Waals surface area contributed by atoms with Gasteiger partial charge in [-0.3, -0.25) is 5.41 Å². The van der Waals surface area contributed by atoms with Crippen LogP contribution in [0.25, 0.3) is 0 Å². The van der Waals surface area contributed by atoms with Crippen molar-refractivity contribution in [2.75, 3.05) is 0 Å². The van der Waals surface area contributed by atoms with Crippen molar-refractivity contribution in [3.05, 3.63) is 0 Å². The maximum atomic E-state index is 9.70. The van der Waals surface area contributed by atoms with E-state index in [1.807, 2.05) is 6.07 Å². The number of nitriles is 1. The topological polar surface area (TPSA) is 77.1 Å². The third kappa shape index (κ3) is 0.901. The number of rotatable bonds is 0. The minimum Gasteiger partial charge on any atom is -0.457 e. The minimum absolute atomic E-state index is 0.223. The molecular formula is C8H12N2O2. The molecule has 0 spiro atoms. The van der Waals surface area contributed by atoms with Gasteiger partial charge in [-0.05, 0) is 13.8 Å². The van der Waals surface area contributed by atoms with Crippen molar-refractivity contribution in [1.29, 1.82) is 10.7 Å². The second kappa shape index (κ2) is 2.20. The lowest BCUT2D eigenvalue weighted by Gasteiger charge is -2.23. The molecule has 4 nitrogen and oxygen atoms in total. The third-order valence-electron chi connectivity index (χ3n) is 2.67. The van der Waals surface area contributed by atoms with E-state index in [0.29, 0.717) is 0 Å². The summed E-state index contributed by atoms with van der Waals surface area (Å²) in [5.74, 6) is -0.610. The molecule has 0 saturated carbocycles. The zero-order valence-corrected chi connectivity index (χ0v) is 7.38. The number of nitrogens with one attached hydrogen (secondary N) is 1. The summed E-state index contributed by atoms with van der Waals surface area (Å²) in [4.78, 5) is 0. The van der Waals surface area contributed by atoms with Gasteiger partial charge in [0, 0.05) is 5.92 Å². The molecule has 4 heteroatoms. The number of ether oxygens (including phenoxy) is 1. The Morgan fingerprint density at radius 1 is 1.67 bits per heavy atom. The number of nitrogens with zero attached hydrogens (tertiary/aromatic N) is 1. The zero-order chi connectivity index (χ0) is 9.57. The maximum Gasteiger partial charge on any atom is 0.215 e. The standard InChI is InChI=1S/C8H12N2O2/c1-5-7(2,4-9)12-6(10)8(5,3)11/h5,10-11H,1-3H3/t5-,7+,8-/m1/s1. The molecule has 1 aliphatic heterocycles. The van der Waals surface area contributed by atoms with E-state index in [1.165, 1.54) is 6.92 Å². The summed E-state index contributed by atoms with van der Waals surface area (Å²) in [5, 5.41) is 25.8. The lowest BCUT2D eigenvalue weighted by atomic mass is 9.82. The lowest BCUT2D eigenvalue weighted by molar-refractivity contribution is 0.0487. The average Bonchev–Trinajstić information content (AvgIpc) is 2.14. The highest BCUT2D eigenvalue weighted by atomic mass is 16.5. The van der Waals surface area contributed by atoms with Crippen molar-refractivity contribution in [1.82, 2.24) is 0 Å². The Morgan fingerprint density at radius 2 is 2.17 bits per heavy atom. The van der Waals surface area contributed by atoms with E-state index in [4.69, 9.17) is 15.4 Å². The van der Waals surface area contributed by atoms with Crippen molar-refractivity contribution < 1.29 is 9.84 Å². The molecule has 0 amide bonds. The molecule has 0 aromatic heterocycles. The summed E-state index contributed by atoms with van der Waals surface area (Å²) in [7, 11) is 0. The fraction of sp³-hybridized carbons (Fsp3) is 0.750. The summed E-state index contributed by atoms with van der Waals surface area (Å²) in [6, 6.07) is 1.95. The number of aliphatic hydroxyl groups is 1. The Morgan fingerprint density at radius 3 is 2.33 bits per heavy atom. The molecule has 3 atom stereocenters. The Labute approximate surface area is 71.3 Å². The van der Waals surface area contributed by atoms with Crippen molar-refractivity contribution in [3.63, 3.8) is 0 Å². The fourth-order valence-electron chi connectivity index (χ4n) is 1.26. The van der Waals surface area contributed by atoms with Gasteiger partial charge in [-0.1, -0.05) is 6.92 Å². The molecule has 1 saturated heterocycles. The van der Waals surface area contributed by atoms with Crippen LogP contribution in [0.4, 0.5) is 0 Å². The molecule has 12 heavy (non-hydrogen) atoms. The highest BCUT2D eigenvalue weighted by Gasteiger charge is 2.55. The molecule has 0 aromatic carbocycles. The van der Waals surface area contributed by atoms with Gasteiger partial charge < -0.3 is 9.84 Å². The molecular weight excluding hydrogens is 156 g/mol. The largest absolute Gasteiger partial charge is 0.457 e. The van der Waals surface area contributed by atoms with E-state index in [0.717, 1.165) is 0 Å². The Balaban J connectivity index is 3.08. The number of hydrogen-bond acceptors (Lipinski definition) is 4. The normalized spacial score (nSPS) is 46.9. The van der Waals surface area contributed by atoms with E-state index < -0.39 is 11.2 Å². The van der Waals surface area contributed by atoms with E-state index in [1.54, 1.807) is 13.8 Å². The van der Waals surface area contributed by atoms with Crippen LogP contribution in [0.5, 0.6) is 0 Å². The predicted molar refractivity (Wildman–Crippen MR) is 42.6 cm³/mol. The molecule has 1 aliphatic rings. The summed E-state index contributed by atoms with van der Waals surface area (Å²) in [5.41, 5.74) is -2.38. The lowest BCUT2D eigenvalue weighted by Crippen LogP contribution is -2.39. The molecule has 0 radical (unpaired) electrons. The molecule has 0 aromatic rings. The SMILES string of the molecule is C[C@H]1[C@@](C)(O)C(=N)O[C@@]1(C)C#N. The molecule has 1 heterocycles. The molecule has 0 bridgehead atoms. The van der Waals surface area contributed by atoms with Gasteiger partial charge in [0.15, 0.2) is 5.60 Å². The van der Waals surface area contributed by atoms with Gasteiger partial charge in [0.25, 0.3) is 0 Å². The van der Waals surface area contributed by atoms with Crippen LogP contribution in [-0.4, -0.2) is 22.2 Å². The first kappa shape index (κ1) is 9.01. The van der Waals surface area contributed by atoms with Gasteiger partial charge >= 0.3 is 0 Å². The second-order valence-corrected chi connectivity index (χ2v) is 3.52. The third-order valence-corrected chi connectivity index (χ3v) is 2.67. The van der Waals surface area contributed by atoms with Crippen molar-refractivity contribution in [3.8, 4) is 6.07 Å². The molecule has 66 valence electrons. The average molecular weight is 168 g/mol. The van der Waals surface area contributed by atoms with E-state index >= 15 is 0 Å². The van der Waals surface area contributed by atoms with E-state index in [2.05, 4.69) is 0 Å². The summed E-state index contributed by atoms with van der Waals surface area (Å²) in [6.07, 6.45) is 0. The van der Waals surface area contributed by atoms with Crippen LogP contribution in [0.2, 0.25) is 0 Å². The quantitative estimate of drug-likeness (QED) is 0.558. The van der Waals surface area contributed by atoms with Gasteiger partial charge in [-0.2, -0.15) is 5.26 Å². The monoisotopic (exact) mass is 168 g/mol. The van der Waals surface area contributed by atoms with Gasteiger partial charge in [0.1, 0.15) is 11.7 Å². The first-order chi connectivity index (χ1) is 5.34. The first-order valence-electron chi connectivity index (χ1n) is 3.76. The molecule has 1 fully saturated rings. The molecule has 0 aliphatic carbocycles. The Kier molecular flexibility index (Phi) is 1.66. The van der Waals surface area contributed by atoms with Crippen LogP contribution in [0, 0.1) is 22.7 Å². The van der Waals surface area contributed by atoms with Crippen molar-refractivity contribution in [2.24, 2.45) is 5.92 Å². The van der Waals surface area contributed by atoms with Crippen LogP contribution < -0.4 is 0 Å². The minimum atomic E-state index is -1.32. The van der Waals surface area contributed by atoms with E-state index in [-0.39, 0.29) is 11.8 Å². The Bertz CT molecular complexity index is 267. The van der Waals surface area contributed by atoms with Crippen LogP contribution >= 0.6 is 0 Å². The highest BCUT2D eigenvalue weighted by Crippen LogP contribution is 2.39. The van der Waals surface area contributed by atoms with Crippen molar-refractivity contribution in [2.45, 2.75) is 32.0 Å². The van der Waals surface area contributed by atoms with Gasteiger partial charge in [-0.25, -0.2) is 0 Å². The molecule has 2 N–H and O–H groups in total. The van der Waals surface area contributed by atoms with E-state index in [9.17, 15) is 5.11 Å². The van der Waals surface area contributed by atoms with Gasteiger partial charge in [0.05, 0.1) is 0 Å². The van der Waals surface area contributed by atoms with Gasteiger partial charge in [-0.15, -0.1) is 0 Å². The predicted octanol–water partition coefficient (Wildman–Crippen LogP) is 0.663. The maximum absolute atomic E-state index is 9.70. The zero-order valence-electron chi connectivity index (χ0n) is 7.38.